The van der Waals surface area contributed by atoms with Crippen molar-refractivity contribution < 1.29 is 13.6 Å². The van der Waals surface area contributed by atoms with E-state index < -0.39 is 11.3 Å². The number of aryl methyl sites for hydroxylation is 3. The van der Waals surface area contributed by atoms with Gasteiger partial charge in [0.15, 0.2) is 0 Å². The molecule has 2 aliphatic heterocycles. The van der Waals surface area contributed by atoms with Crippen molar-refractivity contribution in [3.05, 3.63) is 35.4 Å². The zero-order valence-corrected chi connectivity index (χ0v) is 17.2. The van der Waals surface area contributed by atoms with E-state index in [-0.39, 0.29) is 18.9 Å². The van der Waals surface area contributed by atoms with Gasteiger partial charge >= 0.3 is 0 Å². The van der Waals surface area contributed by atoms with Crippen LogP contribution in [0, 0.1) is 12.3 Å². The summed E-state index contributed by atoms with van der Waals surface area (Å²) in [4.78, 5) is 16.9. The highest BCUT2D eigenvalue weighted by atomic mass is 19.3. The summed E-state index contributed by atoms with van der Waals surface area (Å²) in [6.45, 7) is 3.30. The van der Waals surface area contributed by atoms with Crippen molar-refractivity contribution in [2.45, 2.75) is 45.2 Å². The van der Waals surface area contributed by atoms with Crippen molar-refractivity contribution >= 4 is 5.91 Å². The third-order valence-corrected chi connectivity index (χ3v) is 6.16. The second-order valence-corrected chi connectivity index (χ2v) is 8.64. The molecule has 1 spiro atoms. The largest absolute Gasteiger partial charge is 0.336 e. The van der Waals surface area contributed by atoms with Gasteiger partial charge in [-0.05, 0) is 31.9 Å². The number of alkyl halides is 2. The van der Waals surface area contributed by atoms with Crippen molar-refractivity contribution in [1.29, 1.82) is 0 Å². The summed E-state index contributed by atoms with van der Waals surface area (Å²) >= 11 is 0. The predicted molar refractivity (Wildman–Crippen MR) is 103 cm³/mol. The SMILES string of the molecule is Cc1cc(CN2CCC[C@@]3(CN(Cc4ccnn4C)CC(F)(F)C3)C2=O)n(C)n1. The molecule has 158 valence electrons. The number of amides is 1. The maximum atomic E-state index is 14.8. The number of rotatable bonds is 4. The van der Waals surface area contributed by atoms with Gasteiger partial charge in [-0.15, -0.1) is 0 Å². The van der Waals surface area contributed by atoms with Gasteiger partial charge in [-0.3, -0.25) is 19.1 Å². The number of hydrogen-bond donors (Lipinski definition) is 0. The Morgan fingerprint density at radius 3 is 2.59 bits per heavy atom. The first kappa shape index (κ1) is 20.0. The van der Waals surface area contributed by atoms with Gasteiger partial charge in [-0.25, -0.2) is 8.78 Å². The fourth-order valence-electron chi connectivity index (χ4n) is 4.94. The van der Waals surface area contributed by atoms with E-state index >= 15 is 0 Å². The van der Waals surface area contributed by atoms with Gasteiger partial charge in [0.1, 0.15) is 0 Å². The van der Waals surface area contributed by atoms with E-state index in [1.165, 1.54) is 0 Å². The highest BCUT2D eigenvalue weighted by molar-refractivity contribution is 5.84. The van der Waals surface area contributed by atoms with Crippen LogP contribution in [0.1, 0.15) is 36.3 Å². The van der Waals surface area contributed by atoms with E-state index in [4.69, 9.17) is 0 Å². The molecule has 4 heterocycles. The van der Waals surface area contributed by atoms with Crippen LogP contribution in [0.25, 0.3) is 0 Å². The van der Waals surface area contributed by atoms with Gasteiger partial charge in [0.2, 0.25) is 5.91 Å². The van der Waals surface area contributed by atoms with Gasteiger partial charge in [0.25, 0.3) is 5.92 Å². The van der Waals surface area contributed by atoms with E-state index in [9.17, 15) is 13.6 Å². The Bertz CT molecular complexity index is 907. The van der Waals surface area contributed by atoms with Crippen molar-refractivity contribution in [1.82, 2.24) is 29.4 Å². The van der Waals surface area contributed by atoms with Gasteiger partial charge in [0, 0.05) is 46.3 Å². The first-order valence-corrected chi connectivity index (χ1v) is 10.0. The van der Waals surface area contributed by atoms with Gasteiger partial charge in [-0.2, -0.15) is 10.2 Å². The molecule has 7 nitrogen and oxygen atoms in total. The van der Waals surface area contributed by atoms with E-state index in [2.05, 4.69) is 10.2 Å². The van der Waals surface area contributed by atoms with Crippen LogP contribution in [0.3, 0.4) is 0 Å². The number of carbonyl (C=O) groups is 1. The van der Waals surface area contributed by atoms with Crippen LogP contribution in [-0.2, 0) is 32.0 Å². The Labute approximate surface area is 169 Å². The zero-order valence-electron chi connectivity index (χ0n) is 17.2. The molecule has 2 aliphatic rings. The fourth-order valence-corrected chi connectivity index (χ4v) is 4.94. The molecule has 2 fully saturated rings. The number of hydrogen-bond acceptors (Lipinski definition) is 4. The molecule has 0 N–H and O–H groups in total. The van der Waals surface area contributed by atoms with Gasteiger partial charge in [-0.1, -0.05) is 0 Å². The summed E-state index contributed by atoms with van der Waals surface area (Å²) in [6.07, 6.45) is 2.53. The maximum Gasteiger partial charge on any atom is 0.261 e. The van der Waals surface area contributed by atoms with Crippen LogP contribution >= 0.6 is 0 Å². The van der Waals surface area contributed by atoms with Crippen molar-refractivity contribution in [2.24, 2.45) is 19.5 Å². The molecule has 29 heavy (non-hydrogen) atoms. The van der Waals surface area contributed by atoms with Crippen LogP contribution < -0.4 is 0 Å². The average molecular weight is 406 g/mol. The number of carbonyl (C=O) groups excluding carboxylic acids is 1. The summed E-state index contributed by atoms with van der Waals surface area (Å²) in [5, 5.41) is 8.46. The summed E-state index contributed by atoms with van der Waals surface area (Å²) in [6, 6.07) is 3.78. The molecule has 0 aliphatic carbocycles. The highest BCUT2D eigenvalue weighted by Crippen LogP contribution is 2.45. The smallest absolute Gasteiger partial charge is 0.261 e. The molecule has 0 unspecified atom stereocenters. The van der Waals surface area contributed by atoms with Crippen LogP contribution in [0.2, 0.25) is 0 Å². The van der Waals surface area contributed by atoms with Crippen LogP contribution in [0.15, 0.2) is 18.3 Å². The normalized spacial score (nSPS) is 25.1. The lowest BCUT2D eigenvalue weighted by Gasteiger charge is -2.49. The average Bonchev–Trinajstić information content (AvgIpc) is 3.15. The fraction of sp³-hybridized carbons (Fsp3) is 0.650. The molecule has 2 saturated heterocycles. The molecule has 0 saturated carbocycles. The Morgan fingerprint density at radius 1 is 1.14 bits per heavy atom. The minimum Gasteiger partial charge on any atom is -0.336 e. The summed E-state index contributed by atoms with van der Waals surface area (Å²) in [5.74, 6) is -3.05. The third kappa shape index (κ3) is 3.92. The second-order valence-electron chi connectivity index (χ2n) is 8.64. The Morgan fingerprint density at radius 2 is 1.93 bits per heavy atom. The van der Waals surface area contributed by atoms with Gasteiger partial charge < -0.3 is 4.90 Å². The molecular formula is C20H28F2N6O. The van der Waals surface area contributed by atoms with Crippen molar-refractivity contribution in [3.63, 3.8) is 0 Å². The van der Waals surface area contributed by atoms with Crippen LogP contribution in [-0.4, -0.2) is 60.8 Å². The lowest BCUT2D eigenvalue weighted by atomic mass is 9.71. The van der Waals surface area contributed by atoms with Crippen LogP contribution in [0.5, 0.6) is 0 Å². The topological polar surface area (TPSA) is 59.2 Å². The summed E-state index contributed by atoms with van der Waals surface area (Å²) in [7, 11) is 3.65. The predicted octanol–water partition coefficient (Wildman–Crippen LogP) is 2.11. The molecule has 0 bridgehead atoms. The molecule has 0 aromatic carbocycles. The Hall–Kier alpha value is -2.29. The molecule has 0 radical (unpaired) electrons. The van der Waals surface area contributed by atoms with Crippen molar-refractivity contribution in [2.75, 3.05) is 19.6 Å². The molecular weight excluding hydrogens is 378 g/mol. The third-order valence-electron chi connectivity index (χ3n) is 6.16. The number of likely N-dealkylation sites (tertiary alicyclic amines) is 2. The van der Waals surface area contributed by atoms with Crippen molar-refractivity contribution in [3.8, 4) is 0 Å². The molecule has 2 aromatic heterocycles. The molecule has 1 atom stereocenters. The zero-order chi connectivity index (χ0) is 20.8. The van der Waals surface area contributed by atoms with Crippen LogP contribution in [0.4, 0.5) is 8.78 Å². The summed E-state index contributed by atoms with van der Waals surface area (Å²) in [5.41, 5.74) is 1.63. The number of halogens is 2. The Balaban J connectivity index is 1.56. The molecule has 4 rings (SSSR count). The highest BCUT2D eigenvalue weighted by Gasteiger charge is 2.55. The minimum absolute atomic E-state index is 0.156. The number of nitrogens with zero attached hydrogens (tertiary/aromatic N) is 6. The van der Waals surface area contributed by atoms with E-state index in [1.54, 1.807) is 32.4 Å². The number of piperidine rings is 2. The van der Waals surface area contributed by atoms with E-state index in [1.807, 2.05) is 26.1 Å². The number of aromatic nitrogens is 4. The Kier molecular flexibility index (Phi) is 4.96. The monoisotopic (exact) mass is 406 g/mol. The van der Waals surface area contributed by atoms with E-state index in [0.29, 0.717) is 32.6 Å². The standard InChI is InChI=1S/C20H28F2N6O/c1-15-9-17(26(3)24-15)11-28-8-4-6-19(18(28)29)12-20(21,22)14-27(13-19)10-16-5-7-23-25(16)2/h5,7,9H,4,6,8,10-14H2,1-3H3/t19-/m1/s1. The molecule has 2 aromatic rings. The molecule has 1 amide bonds. The van der Waals surface area contributed by atoms with Gasteiger partial charge in [0.05, 0.1) is 35.6 Å². The minimum atomic E-state index is -2.89. The first-order chi connectivity index (χ1) is 13.7. The quantitative estimate of drug-likeness (QED) is 0.781. The van der Waals surface area contributed by atoms with E-state index in [0.717, 1.165) is 23.5 Å². The second kappa shape index (κ2) is 7.19. The lowest BCUT2D eigenvalue weighted by molar-refractivity contribution is -0.171. The molecule has 9 heteroatoms. The maximum absolute atomic E-state index is 14.8. The first-order valence-electron chi connectivity index (χ1n) is 10.0. The summed E-state index contributed by atoms with van der Waals surface area (Å²) < 4.78 is 33.0. The lowest BCUT2D eigenvalue weighted by Crippen LogP contribution is -2.60.